The van der Waals surface area contributed by atoms with Crippen molar-refractivity contribution in [3.8, 4) is 0 Å². The molecule has 0 aliphatic carbocycles. The van der Waals surface area contributed by atoms with Gasteiger partial charge < -0.3 is 0 Å². The Morgan fingerprint density at radius 2 is 2.00 bits per heavy atom. The van der Waals surface area contributed by atoms with Crippen LogP contribution in [0.2, 0.25) is 0 Å². The van der Waals surface area contributed by atoms with E-state index in [1.807, 2.05) is 6.07 Å². The highest BCUT2D eigenvalue weighted by atomic mass is 127. The molecule has 0 aromatic heterocycles. The number of benzene rings is 1. The van der Waals surface area contributed by atoms with Crippen molar-refractivity contribution in [1.82, 2.24) is 4.31 Å². The first-order valence-corrected chi connectivity index (χ1v) is 9.42. The zero-order valence-corrected chi connectivity index (χ0v) is 15.1. The van der Waals surface area contributed by atoms with E-state index >= 15 is 0 Å². The lowest BCUT2D eigenvalue weighted by molar-refractivity contribution is 0.289. The normalized spacial score (nSPS) is 18.5. The summed E-state index contributed by atoms with van der Waals surface area (Å²) < 4.78 is 30.6. The minimum absolute atomic E-state index is 0.589. The SMILES string of the molecule is CC1CCN(S(=O)(=O)Nc2ccc(I)c(Br)c2)CC1. The van der Waals surface area contributed by atoms with E-state index in [0.29, 0.717) is 24.7 Å². The van der Waals surface area contributed by atoms with Gasteiger partial charge in [0.2, 0.25) is 0 Å². The van der Waals surface area contributed by atoms with E-state index in [4.69, 9.17) is 0 Å². The van der Waals surface area contributed by atoms with E-state index in [1.165, 1.54) is 4.31 Å². The highest BCUT2D eigenvalue weighted by Gasteiger charge is 2.26. The second-order valence-electron chi connectivity index (χ2n) is 4.82. The molecule has 1 N–H and O–H groups in total. The molecular formula is C12H16BrIN2O2S. The first-order chi connectivity index (χ1) is 8.88. The van der Waals surface area contributed by atoms with Crippen LogP contribution in [0.25, 0.3) is 0 Å². The smallest absolute Gasteiger partial charge is 0.271 e. The van der Waals surface area contributed by atoms with Crippen molar-refractivity contribution in [2.24, 2.45) is 5.92 Å². The molecule has 1 aliphatic heterocycles. The second-order valence-corrected chi connectivity index (χ2v) is 8.50. The number of hydrogen-bond acceptors (Lipinski definition) is 2. The van der Waals surface area contributed by atoms with Crippen LogP contribution in [0, 0.1) is 9.49 Å². The predicted octanol–water partition coefficient (Wildman–Crippen LogP) is 3.44. The number of piperidine rings is 1. The molecule has 0 atom stereocenters. The zero-order chi connectivity index (χ0) is 14.0. The molecule has 1 aromatic rings. The van der Waals surface area contributed by atoms with Crippen LogP contribution in [-0.4, -0.2) is 25.8 Å². The summed E-state index contributed by atoms with van der Waals surface area (Å²) >= 11 is 5.59. The Bertz CT molecular complexity index is 557. The molecule has 2 rings (SSSR count). The van der Waals surface area contributed by atoms with Gasteiger partial charge >= 0.3 is 10.2 Å². The average Bonchev–Trinajstić information content (AvgIpc) is 2.34. The van der Waals surface area contributed by atoms with Crippen LogP contribution in [0.15, 0.2) is 22.7 Å². The van der Waals surface area contributed by atoms with E-state index in [-0.39, 0.29) is 0 Å². The molecule has 1 fully saturated rings. The largest absolute Gasteiger partial charge is 0.301 e. The van der Waals surface area contributed by atoms with Gasteiger partial charge in [-0.1, -0.05) is 6.92 Å². The summed E-state index contributed by atoms with van der Waals surface area (Å²) in [5.41, 5.74) is 0.589. The molecule has 1 aliphatic rings. The third-order valence-electron chi connectivity index (χ3n) is 3.25. The van der Waals surface area contributed by atoms with Gasteiger partial charge in [-0.2, -0.15) is 12.7 Å². The topological polar surface area (TPSA) is 49.4 Å². The van der Waals surface area contributed by atoms with Crippen LogP contribution in [0.3, 0.4) is 0 Å². The summed E-state index contributed by atoms with van der Waals surface area (Å²) in [6, 6.07) is 5.43. The van der Waals surface area contributed by atoms with Gasteiger partial charge in [0.15, 0.2) is 0 Å². The number of nitrogens with one attached hydrogen (secondary N) is 1. The lowest BCUT2D eigenvalue weighted by Gasteiger charge is -2.29. The van der Waals surface area contributed by atoms with E-state index in [1.54, 1.807) is 12.1 Å². The summed E-state index contributed by atoms with van der Waals surface area (Å²) in [7, 11) is -3.43. The van der Waals surface area contributed by atoms with Crippen molar-refractivity contribution in [2.75, 3.05) is 17.8 Å². The van der Waals surface area contributed by atoms with Crippen LogP contribution in [-0.2, 0) is 10.2 Å². The molecule has 1 aromatic carbocycles. The second kappa shape index (κ2) is 6.28. The Balaban J connectivity index is 2.10. The molecule has 7 heteroatoms. The maximum absolute atomic E-state index is 12.3. The predicted molar refractivity (Wildman–Crippen MR) is 89.4 cm³/mol. The lowest BCUT2D eigenvalue weighted by atomic mass is 10.0. The molecule has 0 spiro atoms. The van der Waals surface area contributed by atoms with Gasteiger partial charge in [0, 0.05) is 21.1 Å². The van der Waals surface area contributed by atoms with Crippen molar-refractivity contribution >= 4 is 54.4 Å². The molecule has 106 valence electrons. The van der Waals surface area contributed by atoms with Gasteiger partial charge in [-0.05, 0) is 75.5 Å². The van der Waals surface area contributed by atoms with Crippen molar-refractivity contribution in [1.29, 1.82) is 0 Å². The maximum Gasteiger partial charge on any atom is 0.301 e. The number of halogens is 2. The lowest BCUT2D eigenvalue weighted by Crippen LogP contribution is -2.41. The van der Waals surface area contributed by atoms with Crippen molar-refractivity contribution < 1.29 is 8.42 Å². The Morgan fingerprint density at radius 3 is 2.58 bits per heavy atom. The van der Waals surface area contributed by atoms with Gasteiger partial charge in [0.1, 0.15) is 0 Å². The summed E-state index contributed by atoms with van der Waals surface area (Å²) in [4.78, 5) is 0. The fourth-order valence-corrected chi connectivity index (χ4v) is 3.96. The van der Waals surface area contributed by atoms with Gasteiger partial charge in [0.05, 0.1) is 5.69 Å². The standard InChI is InChI=1S/C12H16BrIN2O2S/c1-9-4-6-16(7-5-9)19(17,18)15-10-2-3-12(14)11(13)8-10/h2-3,8-9,15H,4-7H2,1H3. The van der Waals surface area contributed by atoms with Crippen LogP contribution in [0.4, 0.5) is 5.69 Å². The molecule has 0 amide bonds. The third-order valence-corrected chi connectivity index (χ3v) is 7.13. The van der Waals surface area contributed by atoms with E-state index in [9.17, 15) is 8.42 Å². The minimum atomic E-state index is -3.43. The molecule has 1 heterocycles. The molecule has 0 saturated carbocycles. The first kappa shape index (κ1) is 15.5. The first-order valence-electron chi connectivity index (χ1n) is 6.11. The van der Waals surface area contributed by atoms with E-state index in [0.717, 1.165) is 20.9 Å². The van der Waals surface area contributed by atoms with Gasteiger partial charge in [-0.15, -0.1) is 0 Å². The minimum Gasteiger partial charge on any atom is -0.271 e. The highest BCUT2D eigenvalue weighted by Crippen LogP contribution is 2.25. The molecule has 0 radical (unpaired) electrons. The number of anilines is 1. The number of rotatable bonds is 3. The van der Waals surface area contributed by atoms with E-state index < -0.39 is 10.2 Å². The fourth-order valence-electron chi connectivity index (χ4n) is 2.00. The van der Waals surface area contributed by atoms with Crippen molar-refractivity contribution in [3.05, 3.63) is 26.2 Å². The highest BCUT2D eigenvalue weighted by molar-refractivity contribution is 14.1. The molecule has 1 saturated heterocycles. The van der Waals surface area contributed by atoms with Crippen LogP contribution < -0.4 is 4.72 Å². The van der Waals surface area contributed by atoms with Crippen LogP contribution >= 0.6 is 38.5 Å². The van der Waals surface area contributed by atoms with Gasteiger partial charge in [-0.25, -0.2) is 0 Å². The average molecular weight is 459 g/mol. The van der Waals surface area contributed by atoms with Gasteiger partial charge in [0.25, 0.3) is 0 Å². The summed E-state index contributed by atoms with van der Waals surface area (Å²) in [5, 5.41) is 0. The zero-order valence-electron chi connectivity index (χ0n) is 10.6. The molecule has 0 bridgehead atoms. The van der Waals surface area contributed by atoms with E-state index in [2.05, 4.69) is 50.2 Å². The molecular weight excluding hydrogens is 443 g/mol. The fraction of sp³-hybridized carbons (Fsp3) is 0.500. The van der Waals surface area contributed by atoms with Crippen molar-refractivity contribution in [3.63, 3.8) is 0 Å². The monoisotopic (exact) mass is 458 g/mol. The maximum atomic E-state index is 12.3. The summed E-state index contributed by atoms with van der Waals surface area (Å²) in [6.45, 7) is 3.36. The Morgan fingerprint density at radius 1 is 1.37 bits per heavy atom. The number of hydrogen-bond donors (Lipinski definition) is 1. The summed E-state index contributed by atoms with van der Waals surface area (Å²) in [6.07, 6.45) is 1.86. The van der Waals surface area contributed by atoms with Crippen LogP contribution in [0.1, 0.15) is 19.8 Å². The summed E-state index contributed by atoms with van der Waals surface area (Å²) in [5.74, 6) is 0.610. The Labute approximate surface area is 136 Å². The van der Waals surface area contributed by atoms with Gasteiger partial charge in [-0.3, -0.25) is 4.72 Å². The van der Waals surface area contributed by atoms with Crippen molar-refractivity contribution in [2.45, 2.75) is 19.8 Å². The quantitative estimate of drug-likeness (QED) is 0.705. The molecule has 4 nitrogen and oxygen atoms in total. The molecule has 19 heavy (non-hydrogen) atoms. The Hall–Kier alpha value is 0.140. The Kier molecular flexibility index (Phi) is 5.13. The molecule has 0 unspecified atom stereocenters. The van der Waals surface area contributed by atoms with Crippen LogP contribution in [0.5, 0.6) is 0 Å². The number of nitrogens with zero attached hydrogens (tertiary/aromatic N) is 1. The third kappa shape index (κ3) is 4.05.